The molecule has 0 aromatic rings. The predicted octanol–water partition coefficient (Wildman–Crippen LogP) is 1.66. The summed E-state index contributed by atoms with van der Waals surface area (Å²) in [7, 11) is 0. The summed E-state index contributed by atoms with van der Waals surface area (Å²) in [6.45, 7) is 3.53. The van der Waals surface area contributed by atoms with Crippen LogP contribution in [0.5, 0.6) is 0 Å². The Morgan fingerprint density at radius 2 is 2.15 bits per heavy atom. The van der Waals surface area contributed by atoms with Gasteiger partial charge in [0.25, 0.3) is 0 Å². The molecule has 1 heterocycles. The van der Waals surface area contributed by atoms with E-state index >= 15 is 0 Å². The molecule has 2 nitrogen and oxygen atoms in total. The van der Waals surface area contributed by atoms with Gasteiger partial charge in [-0.1, -0.05) is 24.0 Å². The molecule has 0 saturated carbocycles. The van der Waals surface area contributed by atoms with E-state index in [1.165, 1.54) is 0 Å². The van der Waals surface area contributed by atoms with Crippen molar-refractivity contribution < 1.29 is 4.74 Å². The molecule has 1 aliphatic heterocycles. The Bertz CT molecular complexity index is 159. The Balaban J connectivity index is 2.13. The first-order valence-corrected chi connectivity index (χ1v) is 6.47. The van der Waals surface area contributed by atoms with Crippen LogP contribution in [0.15, 0.2) is 0 Å². The quantitative estimate of drug-likeness (QED) is 0.455. The molecule has 0 spiro atoms. The van der Waals surface area contributed by atoms with Gasteiger partial charge >= 0.3 is 0 Å². The number of hydrogen-bond donors (Lipinski definition) is 1. The molecular weight excluding hydrogens is 222 g/mol. The molecule has 0 N–H and O–H groups in total. The van der Waals surface area contributed by atoms with Crippen LogP contribution < -0.4 is 0 Å². The Labute approximate surface area is 94.8 Å². The zero-order chi connectivity index (χ0) is 9.52. The van der Waals surface area contributed by atoms with Gasteiger partial charge in [-0.25, -0.2) is 0 Å². The summed E-state index contributed by atoms with van der Waals surface area (Å²) in [5, 5.41) is 0. The van der Waals surface area contributed by atoms with Crippen LogP contribution in [0.1, 0.15) is 6.42 Å². The standard InChI is InChI=1S/C8H15NOS3/c11-6-1-7-13-8(12)9-2-4-10-5-3-9/h11H,1-7H2. The van der Waals surface area contributed by atoms with Gasteiger partial charge in [0.05, 0.1) is 13.2 Å². The molecule has 76 valence electrons. The highest BCUT2D eigenvalue weighted by molar-refractivity contribution is 8.22. The number of thiol groups is 1. The first-order valence-electron chi connectivity index (χ1n) is 4.45. The van der Waals surface area contributed by atoms with Gasteiger partial charge in [-0.15, -0.1) is 0 Å². The number of thioether (sulfide) groups is 1. The maximum absolute atomic E-state index is 5.30. The Morgan fingerprint density at radius 1 is 1.46 bits per heavy atom. The van der Waals surface area contributed by atoms with Crippen molar-refractivity contribution in [1.29, 1.82) is 0 Å². The topological polar surface area (TPSA) is 12.5 Å². The molecule has 1 saturated heterocycles. The van der Waals surface area contributed by atoms with Gasteiger partial charge in [0.15, 0.2) is 0 Å². The third-order valence-corrected chi connectivity index (χ3v) is 3.72. The first kappa shape index (κ1) is 11.6. The normalized spacial score (nSPS) is 17.5. The van der Waals surface area contributed by atoms with Crippen molar-refractivity contribution in [2.24, 2.45) is 0 Å². The highest BCUT2D eigenvalue weighted by Gasteiger charge is 2.13. The largest absolute Gasteiger partial charge is 0.378 e. The molecule has 0 aliphatic carbocycles. The van der Waals surface area contributed by atoms with Crippen LogP contribution in [0.2, 0.25) is 0 Å². The Morgan fingerprint density at radius 3 is 2.77 bits per heavy atom. The van der Waals surface area contributed by atoms with Gasteiger partial charge in [0.2, 0.25) is 0 Å². The highest BCUT2D eigenvalue weighted by Crippen LogP contribution is 2.12. The van der Waals surface area contributed by atoms with Gasteiger partial charge in [0.1, 0.15) is 4.32 Å². The molecule has 5 heteroatoms. The van der Waals surface area contributed by atoms with E-state index in [2.05, 4.69) is 17.5 Å². The maximum atomic E-state index is 5.30. The molecule has 13 heavy (non-hydrogen) atoms. The van der Waals surface area contributed by atoms with Crippen LogP contribution in [0.4, 0.5) is 0 Å². The Hall–Kier alpha value is 0.550. The fourth-order valence-corrected chi connectivity index (χ4v) is 2.69. The summed E-state index contributed by atoms with van der Waals surface area (Å²) in [6.07, 6.45) is 1.12. The van der Waals surface area contributed by atoms with Crippen molar-refractivity contribution in [2.75, 3.05) is 37.8 Å². The van der Waals surface area contributed by atoms with Gasteiger partial charge in [0, 0.05) is 18.8 Å². The summed E-state index contributed by atoms with van der Waals surface area (Å²) in [4.78, 5) is 2.22. The lowest BCUT2D eigenvalue weighted by Crippen LogP contribution is -2.38. The number of hydrogen-bond acceptors (Lipinski definition) is 4. The van der Waals surface area contributed by atoms with Crippen LogP contribution in [0.25, 0.3) is 0 Å². The highest BCUT2D eigenvalue weighted by atomic mass is 32.2. The number of nitrogens with zero attached hydrogens (tertiary/aromatic N) is 1. The van der Waals surface area contributed by atoms with E-state index in [4.69, 9.17) is 17.0 Å². The molecule has 0 aromatic carbocycles. The lowest BCUT2D eigenvalue weighted by atomic mass is 10.5. The van der Waals surface area contributed by atoms with Crippen LogP contribution in [-0.4, -0.2) is 47.0 Å². The third kappa shape index (κ3) is 4.54. The summed E-state index contributed by atoms with van der Waals surface area (Å²) >= 11 is 11.2. The van der Waals surface area contributed by atoms with Crippen molar-refractivity contribution in [1.82, 2.24) is 4.90 Å². The van der Waals surface area contributed by atoms with E-state index in [0.717, 1.165) is 48.6 Å². The summed E-state index contributed by atoms with van der Waals surface area (Å²) in [5.41, 5.74) is 0. The van der Waals surface area contributed by atoms with Gasteiger partial charge in [-0.2, -0.15) is 12.6 Å². The molecular formula is C8H15NOS3. The average molecular weight is 237 g/mol. The maximum Gasteiger partial charge on any atom is 0.136 e. The molecule has 1 fully saturated rings. The molecule has 0 amide bonds. The zero-order valence-corrected chi connectivity index (χ0v) is 10.1. The lowest BCUT2D eigenvalue weighted by molar-refractivity contribution is 0.0702. The summed E-state index contributed by atoms with van der Waals surface area (Å²) in [5.74, 6) is 2.03. The third-order valence-electron chi connectivity index (χ3n) is 1.80. The molecule has 0 atom stereocenters. The molecule has 0 bridgehead atoms. The van der Waals surface area contributed by atoms with Crippen LogP contribution >= 0.6 is 36.6 Å². The number of thiocarbonyl (C=S) groups is 1. The van der Waals surface area contributed by atoms with Crippen LogP contribution in [0.3, 0.4) is 0 Å². The van der Waals surface area contributed by atoms with Gasteiger partial charge in [-0.05, 0) is 12.2 Å². The zero-order valence-electron chi connectivity index (χ0n) is 7.57. The monoisotopic (exact) mass is 237 g/mol. The van der Waals surface area contributed by atoms with Crippen molar-refractivity contribution in [3.05, 3.63) is 0 Å². The fourth-order valence-electron chi connectivity index (χ4n) is 1.06. The molecule has 0 aromatic heterocycles. The fraction of sp³-hybridized carbons (Fsp3) is 0.875. The van der Waals surface area contributed by atoms with E-state index < -0.39 is 0 Å². The summed E-state index contributed by atoms with van der Waals surface area (Å²) < 4.78 is 6.27. The average Bonchev–Trinajstić information content (AvgIpc) is 2.19. The number of rotatable bonds is 3. The van der Waals surface area contributed by atoms with E-state index in [1.807, 2.05) is 0 Å². The molecule has 0 unspecified atom stereocenters. The van der Waals surface area contributed by atoms with Crippen molar-refractivity contribution in [3.8, 4) is 0 Å². The number of ether oxygens (including phenoxy) is 1. The minimum Gasteiger partial charge on any atom is -0.378 e. The number of morpholine rings is 1. The van der Waals surface area contributed by atoms with Crippen LogP contribution in [-0.2, 0) is 4.74 Å². The first-order chi connectivity index (χ1) is 6.34. The van der Waals surface area contributed by atoms with E-state index in [1.54, 1.807) is 11.8 Å². The van der Waals surface area contributed by atoms with E-state index in [9.17, 15) is 0 Å². The SMILES string of the molecule is S=C(SCCCS)N1CCOCC1. The Kier molecular flexibility index (Phi) is 6.19. The van der Waals surface area contributed by atoms with Crippen LogP contribution in [0, 0.1) is 0 Å². The van der Waals surface area contributed by atoms with Crippen molar-refractivity contribution in [3.63, 3.8) is 0 Å². The van der Waals surface area contributed by atoms with Crippen molar-refractivity contribution in [2.45, 2.75) is 6.42 Å². The second-order valence-electron chi connectivity index (χ2n) is 2.79. The smallest absolute Gasteiger partial charge is 0.136 e. The van der Waals surface area contributed by atoms with Gasteiger partial charge < -0.3 is 9.64 Å². The van der Waals surface area contributed by atoms with E-state index in [0.29, 0.717) is 0 Å². The van der Waals surface area contributed by atoms with E-state index in [-0.39, 0.29) is 0 Å². The predicted molar refractivity (Wildman–Crippen MR) is 65.9 cm³/mol. The minimum absolute atomic E-state index is 0.813. The lowest BCUT2D eigenvalue weighted by Gasteiger charge is -2.28. The summed E-state index contributed by atoms with van der Waals surface area (Å²) in [6, 6.07) is 0. The minimum atomic E-state index is 0.813. The van der Waals surface area contributed by atoms with Gasteiger partial charge in [-0.3, -0.25) is 0 Å². The second kappa shape index (κ2) is 6.92. The second-order valence-corrected chi connectivity index (χ2v) is 4.97. The molecule has 0 radical (unpaired) electrons. The molecule has 1 aliphatic rings. The van der Waals surface area contributed by atoms with Crippen molar-refractivity contribution >= 4 is 40.9 Å². The molecule has 1 rings (SSSR count).